The van der Waals surface area contributed by atoms with Crippen LogP contribution in [0.5, 0.6) is 0 Å². The summed E-state index contributed by atoms with van der Waals surface area (Å²) in [6.07, 6.45) is -1.83. The van der Waals surface area contributed by atoms with Crippen molar-refractivity contribution in [1.82, 2.24) is 122 Å². The normalized spacial score (nSPS) is 15.6. The van der Waals surface area contributed by atoms with E-state index < -0.39 is 307 Å². The molecule has 0 aromatic carbocycles. The maximum Gasteiger partial charge on any atom is 0.325 e. The zero-order chi connectivity index (χ0) is 107. The van der Waals surface area contributed by atoms with E-state index in [1.54, 1.807) is 55.4 Å². The molecule has 0 spiro atoms. The quantitative estimate of drug-likeness (QED) is 0.0164. The van der Waals surface area contributed by atoms with Crippen molar-refractivity contribution >= 4 is 142 Å². The van der Waals surface area contributed by atoms with Crippen LogP contribution in [0.25, 0.3) is 0 Å². The summed E-state index contributed by atoms with van der Waals surface area (Å²) in [5, 5.41) is 105. The molecule has 55 heteroatoms. The molecule has 788 valence electrons. The number of carbonyl (C=O) groups is 21. The lowest BCUT2D eigenvalue weighted by Crippen LogP contribution is -2.62. The number of H-pyrrole nitrogens is 1. The van der Waals surface area contributed by atoms with Gasteiger partial charge in [-0.1, -0.05) is 88.5 Å². The lowest BCUT2D eigenvalue weighted by atomic mass is 9.95. The molecule has 1 heterocycles. The van der Waals surface area contributed by atoms with Crippen molar-refractivity contribution < 1.29 is 116 Å². The number of carbonyl (C=O) groups excluding carboxylic acids is 19. The van der Waals surface area contributed by atoms with Gasteiger partial charge in [0, 0.05) is 38.7 Å². The first-order valence-corrected chi connectivity index (χ1v) is 46.2. The number of aliphatic carboxylic acids is 2. The summed E-state index contributed by atoms with van der Waals surface area (Å²) in [4.78, 5) is 293. The summed E-state index contributed by atoms with van der Waals surface area (Å²) in [5.74, 6) is -25.9. The molecule has 19 amide bonds. The Labute approximate surface area is 811 Å². The van der Waals surface area contributed by atoms with Gasteiger partial charge in [-0.05, 0) is 122 Å². The minimum atomic E-state index is -2.00. The number of aliphatic hydroxyl groups excluding tert-OH is 1. The number of hydrogen-bond acceptors (Lipinski definition) is 27. The number of nitrogens with one attached hydrogen (secondary N) is 25. The van der Waals surface area contributed by atoms with E-state index in [-0.39, 0.29) is 95.0 Å². The van der Waals surface area contributed by atoms with E-state index in [1.165, 1.54) is 54.1 Å². The van der Waals surface area contributed by atoms with Gasteiger partial charge in [-0.3, -0.25) is 117 Å². The number of nitrogens with two attached hydrogens (primary N) is 5. The van der Waals surface area contributed by atoms with Gasteiger partial charge >= 0.3 is 11.9 Å². The molecule has 0 saturated heterocycles. The number of imidazole rings is 1. The molecular weight excluding hydrogens is 1840 g/mol. The van der Waals surface area contributed by atoms with Crippen LogP contribution in [0.3, 0.4) is 0 Å². The summed E-state index contributed by atoms with van der Waals surface area (Å²) in [6, 6.07) is -25.5. The first kappa shape index (κ1) is 124. The number of carboxylic acid groups (broad SMARTS) is 2. The average Bonchev–Trinajstić information content (AvgIpc) is 1.24. The molecule has 0 radical (unpaired) electrons. The van der Waals surface area contributed by atoms with Crippen molar-refractivity contribution in [3.05, 3.63) is 18.2 Å². The fourth-order valence-electron chi connectivity index (χ4n) is 13.1. The summed E-state index contributed by atoms with van der Waals surface area (Å²) < 4.78 is 0. The first-order chi connectivity index (χ1) is 65.4. The SMILES string of the molecule is CCC(C)C(N)C(=O)NC(C)C(=O)NC(C)C(=O)NCC(=O)NC(CCCNC(=N)N)C(=O)NC(C(=O)NCC(=O)NC(CCCNC(=N)N)C(=O)NC(CCCNC(=N)N)C(=O)NC(CCC(N)=O)C(=O)NC(C)C(=O)NC(C(=O)NC(Cc1c[nH]cn1)C(=O)NC(CC(=O)O)C(=O)NC(C(=O)NC(CC(C)C)C(=O)NC(C(=O)NC(C)C(=O)NC(C)C(=O)O)C(C)C)C(C)CC)C(C)CC)C(C)O. The van der Waals surface area contributed by atoms with Crippen LogP contribution in [-0.4, -0.2) is 309 Å². The minimum absolute atomic E-state index is 0.00387. The zero-order valence-electron chi connectivity index (χ0n) is 82.1. The van der Waals surface area contributed by atoms with Crippen molar-refractivity contribution in [2.45, 2.75) is 309 Å². The van der Waals surface area contributed by atoms with Crippen LogP contribution in [0.2, 0.25) is 0 Å². The third-order valence-electron chi connectivity index (χ3n) is 22.2. The second kappa shape index (κ2) is 63.3. The topological polar surface area (TPSA) is 902 Å². The number of primary amides is 1. The Hall–Kier alpha value is -14.2. The van der Waals surface area contributed by atoms with Crippen LogP contribution < -0.4 is 140 Å². The third kappa shape index (κ3) is 47.2. The molecule has 0 fully saturated rings. The summed E-state index contributed by atoms with van der Waals surface area (Å²) in [7, 11) is 0. The summed E-state index contributed by atoms with van der Waals surface area (Å²) in [5.41, 5.74) is 28.0. The zero-order valence-corrected chi connectivity index (χ0v) is 82.1. The second-order valence-electron chi connectivity index (χ2n) is 35.0. The predicted molar refractivity (Wildman–Crippen MR) is 506 cm³/mol. The smallest absolute Gasteiger partial charge is 0.325 e. The monoisotopic (exact) mass is 1990 g/mol. The third-order valence-corrected chi connectivity index (χ3v) is 22.2. The predicted octanol–water partition coefficient (Wildman–Crippen LogP) is -9.80. The molecule has 21 unspecified atom stereocenters. The molecule has 0 bridgehead atoms. The lowest BCUT2D eigenvalue weighted by molar-refractivity contribution is -0.142. The van der Waals surface area contributed by atoms with Crippen LogP contribution in [-0.2, 0) is 107 Å². The maximum atomic E-state index is 14.7. The van der Waals surface area contributed by atoms with Gasteiger partial charge in [0.15, 0.2) is 17.9 Å². The first-order valence-electron chi connectivity index (χ1n) is 46.2. The van der Waals surface area contributed by atoms with Crippen molar-refractivity contribution in [3.8, 4) is 0 Å². The Morgan fingerprint density at radius 1 is 0.364 bits per heavy atom. The molecule has 38 N–H and O–H groups in total. The average molecular weight is 1990 g/mol. The Bertz CT molecular complexity index is 4410. The van der Waals surface area contributed by atoms with E-state index in [0.29, 0.717) is 6.42 Å². The van der Waals surface area contributed by atoms with Crippen molar-refractivity contribution in [2.75, 3.05) is 32.7 Å². The van der Waals surface area contributed by atoms with Crippen LogP contribution >= 0.6 is 0 Å². The highest BCUT2D eigenvalue weighted by Gasteiger charge is 2.41. The molecule has 1 aromatic heterocycles. The van der Waals surface area contributed by atoms with Gasteiger partial charge in [0.05, 0.1) is 43.7 Å². The number of guanidine groups is 3. The Balaban J connectivity index is 3.66. The molecule has 0 saturated carbocycles. The number of amides is 19. The fraction of sp³-hybridized carbons (Fsp3) is 0.682. The van der Waals surface area contributed by atoms with Crippen LogP contribution in [0, 0.1) is 45.8 Å². The van der Waals surface area contributed by atoms with Crippen molar-refractivity contribution in [1.29, 1.82) is 16.2 Å². The maximum absolute atomic E-state index is 14.7. The van der Waals surface area contributed by atoms with Crippen LogP contribution in [0.1, 0.15) is 200 Å². The van der Waals surface area contributed by atoms with E-state index >= 15 is 0 Å². The van der Waals surface area contributed by atoms with E-state index in [9.17, 15) is 116 Å². The molecule has 55 nitrogen and oxygen atoms in total. The fourth-order valence-corrected chi connectivity index (χ4v) is 13.1. The second-order valence-corrected chi connectivity index (χ2v) is 35.0. The van der Waals surface area contributed by atoms with Gasteiger partial charge in [0.1, 0.15) is 96.7 Å². The standard InChI is InChI=1S/C85H149N31O24/c1-17-40(8)61(87)77(134)103-44(12)67(124)101-43(11)66(123)98-35-58(119)107-51(24-21-29-96-84(90)91)73(130)116-65(48(16)117)78(135)99-36-59(120)106-50(23-20-28-95-83(88)89)71(128)108-52(25-22-30-97-85(92)93)72(129)109-53(26-27-57(86)118)70(127)102-46(14)69(126)114-63(41(9)18-2)80(137)112-55(32-49-34-94-37-100-49)74(131)110-56(33-60(121)122)76(133)115-64(42(10)19-3)81(138)111-54(31-38(4)5)75(132)113-62(39(6)7)79(136)104-45(13)68(125)105-47(15)82(139)140/h34,37-48,50-56,61-65,117H,17-33,35-36,87H2,1-16H3,(H2,86,118)(H,94,100)(H,98,123)(H,99,135)(H,101,124)(H,102,127)(H,103,134)(H,104,136)(H,105,125)(H,106,120)(H,107,119)(H,108,128)(H,109,129)(H,110,131)(H,111,138)(H,112,137)(H,113,132)(H,114,126)(H,115,133)(H,116,130)(H,121,122)(H,139,140)(H4,88,89,95)(H4,90,91,96)(H4,92,93,97). The molecule has 0 aliphatic heterocycles. The van der Waals surface area contributed by atoms with E-state index in [0.717, 1.165) is 6.92 Å². The van der Waals surface area contributed by atoms with Gasteiger partial charge in [-0.2, -0.15) is 0 Å². The van der Waals surface area contributed by atoms with E-state index in [1.807, 2.05) is 6.92 Å². The Morgan fingerprint density at radius 2 is 0.700 bits per heavy atom. The van der Waals surface area contributed by atoms with Crippen molar-refractivity contribution in [3.63, 3.8) is 0 Å². The number of aromatic amines is 1. The highest BCUT2D eigenvalue weighted by molar-refractivity contribution is 6.02. The van der Waals surface area contributed by atoms with Gasteiger partial charge in [-0.15, -0.1) is 0 Å². The highest BCUT2D eigenvalue weighted by Crippen LogP contribution is 2.17. The lowest BCUT2D eigenvalue weighted by Gasteiger charge is -2.30. The molecule has 140 heavy (non-hydrogen) atoms. The Morgan fingerprint density at radius 3 is 1.11 bits per heavy atom. The Kier molecular flexibility index (Phi) is 56.0. The highest BCUT2D eigenvalue weighted by atomic mass is 16.4. The van der Waals surface area contributed by atoms with Crippen LogP contribution in [0.4, 0.5) is 0 Å². The van der Waals surface area contributed by atoms with Crippen molar-refractivity contribution in [2.24, 2.45) is 58.3 Å². The number of rotatable bonds is 66. The number of aliphatic hydroxyl groups is 1. The largest absolute Gasteiger partial charge is 0.481 e. The summed E-state index contributed by atoms with van der Waals surface area (Å²) >= 11 is 0. The number of nitrogens with zero attached hydrogens (tertiary/aromatic N) is 1. The van der Waals surface area contributed by atoms with Gasteiger partial charge < -0.3 is 161 Å². The van der Waals surface area contributed by atoms with Gasteiger partial charge in [0.2, 0.25) is 112 Å². The molecule has 1 rings (SSSR count). The number of aromatic nitrogens is 2. The molecule has 0 aliphatic carbocycles. The molecule has 1 aromatic rings. The minimum Gasteiger partial charge on any atom is -0.481 e. The van der Waals surface area contributed by atoms with Crippen LogP contribution in [0.15, 0.2) is 12.5 Å². The number of carboxylic acids is 2. The molecular formula is C85H149N31O24. The number of hydrogen-bond donors (Lipinski definition) is 33. The van der Waals surface area contributed by atoms with E-state index in [2.05, 4.69) is 122 Å². The van der Waals surface area contributed by atoms with Gasteiger partial charge in [-0.25, -0.2) is 4.98 Å². The van der Waals surface area contributed by atoms with Gasteiger partial charge in [0.25, 0.3) is 0 Å². The molecule has 0 aliphatic rings. The summed E-state index contributed by atoms with van der Waals surface area (Å²) in [6.45, 7) is 22.1. The van der Waals surface area contributed by atoms with E-state index in [4.69, 9.17) is 44.9 Å². The molecule has 21 atom stereocenters.